The Hall–Kier alpha value is -0.510. The molecule has 10 heavy (non-hydrogen) atoms. The number of halogens is 3. The van der Waals surface area contributed by atoms with E-state index in [9.17, 15) is 13.2 Å². The molecule has 1 nitrogen and oxygen atoms in total. The molecule has 60 valence electrons. The van der Waals surface area contributed by atoms with Crippen LogP contribution in [0.4, 0.5) is 13.2 Å². The van der Waals surface area contributed by atoms with Gasteiger partial charge < -0.3 is 5.11 Å². The van der Waals surface area contributed by atoms with Gasteiger partial charge in [-0.1, -0.05) is 12.2 Å². The van der Waals surface area contributed by atoms with Crippen LogP contribution in [0.1, 0.15) is 13.3 Å². The van der Waals surface area contributed by atoms with Gasteiger partial charge >= 0.3 is 6.18 Å². The standard InChI is InChI=1S/C6H9F3O/c1-2-3-5(10)4-6(7,8)9/h2-3,5,10H,4H2,1H3. The van der Waals surface area contributed by atoms with E-state index >= 15 is 0 Å². The lowest BCUT2D eigenvalue weighted by Gasteiger charge is -2.07. The third kappa shape index (κ3) is 5.62. The van der Waals surface area contributed by atoms with Crippen LogP contribution in [0.2, 0.25) is 0 Å². The van der Waals surface area contributed by atoms with Crippen molar-refractivity contribution in [3.63, 3.8) is 0 Å². The molecule has 0 spiro atoms. The quantitative estimate of drug-likeness (QED) is 0.602. The molecule has 0 saturated heterocycles. The van der Waals surface area contributed by atoms with E-state index in [4.69, 9.17) is 5.11 Å². The summed E-state index contributed by atoms with van der Waals surface area (Å²) in [6, 6.07) is 0. The maximum atomic E-state index is 11.4. The minimum absolute atomic E-state index is 1.10. The molecule has 0 aromatic heterocycles. The molecule has 4 heteroatoms. The van der Waals surface area contributed by atoms with Crippen LogP contribution in [0.15, 0.2) is 12.2 Å². The van der Waals surface area contributed by atoms with Crippen LogP contribution in [0.5, 0.6) is 0 Å². The van der Waals surface area contributed by atoms with Crippen molar-refractivity contribution in [2.24, 2.45) is 0 Å². The lowest BCUT2D eigenvalue weighted by molar-refractivity contribution is -0.148. The normalized spacial score (nSPS) is 16.1. The average molecular weight is 154 g/mol. The molecule has 0 aromatic carbocycles. The van der Waals surface area contributed by atoms with Gasteiger partial charge in [-0.05, 0) is 6.92 Å². The summed E-state index contributed by atoms with van der Waals surface area (Å²) >= 11 is 0. The smallest absolute Gasteiger partial charge is 0.389 e. The third-order valence-electron chi connectivity index (χ3n) is 0.855. The van der Waals surface area contributed by atoms with Gasteiger partial charge in [0.1, 0.15) is 0 Å². The van der Waals surface area contributed by atoms with Crippen molar-refractivity contribution in [2.75, 3.05) is 0 Å². The molecule has 0 bridgehead atoms. The van der Waals surface area contributed by atoms with Crippen LogP contribution >= 0.6 is 0 Å². The summed E-state index contributed by atoms with van der Waals surface area (Å²) in [5.41, 5.74) is 0. The van der Waals surface area contributed by atoms with Crippen LogP contribution < -0.4 is 0 Å². The molecule has 1 atom stereocenters. The molecular weight excluding hydrogens is 145 g/mol. The molecule has 0 heterocycles. The van der Waals surface area contributed by atoms with E-state index in [1.54, 1.807) is 6.92 Å². The van der Waals surface area contributed by atoms with E-state index in [-0.39, 0.29) is 0 Å². The molecule has 0 saturated carbocycles. The van der Waals surface area contributed by atoms with E-state index in [1.165, 1.54) is 6.08 Å². The number of aliphatic hydroxyl groups excluding tert-OH is 1. The Morgan fingerprint density at radius 2 is 2.00 bits per heavy atom. The molecule has 0 amide bonds. The molecule has 0 aromatic rings. The Balaban J connectivity index is 3.68. The summed E-state index contributed by atoms with van der Waals surface area (Å²) < 4.78 is 34.3. The molecule has 0 fully saturated rings. The van der Waals surface area contributed by atoms with E-state index in [0.717, 1.165) is 6.08 Å². The summed E-state index contributed by atoms with van der Waals surface area (Å²) in [6.07, 6.45) is -4.36. The zero-order valence-electron chi connectivity index (χ0n) is 5.52. The number of aliphatic hydroxyl groups is 1. The van der Waals surface area contributed by atoms with E-state index in [1.807, 2.05) is 0 Å². The van der Waals surface area contributed by atoms with Crippen LogP contribution in [0.25, 0.3) is 0 Å². The highest BCUT2D eigenvalue weighted by molar-refractivity contribution is 4.86. The summed E-state index contributed by atoms with van der Waals surface area (Å²) in [7, 11) is 0. The van der Waals surface area contributed by atoms with Gasteiger partial charge in [0.25, 0.3) is 0 Å². The van der Waals surface area contributed by atoms with E-state index in [0.29, 0.717) is 0 Å². The molecule has 1 unspecified atom stereocenters. The first kappa shape index (κ1) is 9.49. The van der Waals surface area contributed by atoms with Crippen LogP contribution in [0, 0.1) is 0 Å². The Kier molecular flexibility index (Phi) is 3.42. The minimum Gasteiger partial charge on any atom is -0.389 e. The van der Waals surface area contributed by atoms with Gasteiger partial charge in [-0.15, -0.1) is 0 Å². The van der Waals surface area contributed by atoms with Crippen LogP contribution in [-0.4, -0.2) is 17.4 Å². The molecule has 0 rings (SSSR count). The Morgan fingerprint density at radius 1 is 1.50 bits per heavy atom. The lowest BCUT2D eigenvalue weighted by atomic mass is 10.2. The predicted octanol–water partition coefficient (Wildman–Crippen LogP) is 1.88. The maximum absolute atomic E-state index is 11.4. The number of hydrogen-bond donors (Lipinski definition) is 1. The van der Waals surface area contributed by atoms with Crippen LogP contribution in [-0.2, 0) is 0 Å². The predicted molar refractivity (Wildman–Crippen MR) is 31.5 cm³/mol. The summed E-state index contributed by atoms with van der Waals surface area (Å²) in [5, 5.41) is 8.58. The second-order valence-corrected chi connectivity index (χ2v) is 1.91. The van der Waals surface area contributed by atoms with Crippen molar-refractivity contribution >= 4 is 0 Å². The first-order chi connectivity index (χ1) is 4.45. The Bertz CT molecular complexity index is 117. The van der Waals surface area contributed by atoms with E-state index < -0.39 is 18.7 Å². The highest BCUT2D eigenvalue weighted by Gasteiger charge is 2.29. The van der Waals surface area contributed by atoms with Gasteiger partial charge in [0.2, 0.25) is 0 Å². The third-order valence-corrected chi connectivity index (χ3v) is 0.855. The zero-order valence-corrected chi connectivity index (χ0v) is 5.52. The second-order valence-electron chi connectivity index (χ2n) is 1.91. The minimum atomic E-state index is -4.28. The van der Waals surface area contributed by atoms with Gasteiger partial charge in [-0.2, -0.15) is 13.2 Å². The van der Waals surface area contributed by atoms with Gasteiger partial charge in [-0.25, -0.2) is 0 Å². The first-order valence-electron chi connectivity index (χ1n) is 2.83. The van der Waals surface area contributed by atoms with E-state index in [2.05, 4.69) is 0 Å². The van der Waals surface area contributed by atoms with Crippen molar-refractivity contribution in [3.05, 3.63) is 12.2 Å². The van der Waals surface area contributed by atoms with Gasteiger partial charge in [0, 0.05) is 0 Å². The van der Waals surface area contributed by atoms with Crippen LogP contribution in [0.3, 0.4) is 0 Å². The zero-order chi connectivity index (χ0) is 8.20. The highest BCUT2D eigenvalue weighted by atomic mass is 19.4. The molecular formula is C6H9F3O. The number of allylic oxidation sites excluding steroid dienone is 1. The van der Waals surface area contributed by atoms with Crippen molar-refractivity contribution < 1.29 is 18.3 Å². The van der Waals surface area contributed by atoms with Gasteiger partial charge in [-0.3, -0.25) is 0 Å². The molecule has 0 radical (unpaired) electrons. The largest absolute Gasteiger partial charge is 0.391 e. The molecule has 1 N–H and O–H groups in total. The fourth-order valence-corrected chi connectivity index (χ4v) is 0.527. The van der Waals surface area contributed by atoms with Gasteiger partial charge in [0.05, 0.1) is 12.5 Å². The summed E-state index contributed by atoms with van der Waals surface area (Å²) in [4.78, 5) is 0. The topological polar surface area (TPSA) is 20.2 Å². The number of rotatable bonds is 2. The highest BCUT2D eigenvalue weighted by Crippen LogP contribution is 2.21. The molecule has 0 aliphatic heterocycles. The maximum Gasteiger partial charge on any atom is 0.391 e. The average Bonchev–Trinajstić information content (AvgIpc) is 1.59. The van der Waals surface area contributed by atoms with Gasteiger partial charge in [0.15, 0.2) is 0 Å². The van der Waals surface area contributed by atoms with Crippen molar-refractivity contribution in [2.45, 2.75) is 25.6 Å². The summed E-state index contributed by atoms with van der Waals surface area (Å²) in [5.74, 6) is 0. The molecule has 0 aliphatic carbocycles. The SMILES string of the molecule is CC=CC(O)CC(F)(F)F. The fourth-order valence-electron chi connectivity index (χ4n) is 0.527. The van der Waals surface area contributed by atoms with Crippen molar-refractivity contribution in [1.29, 1.82) is 0 Å². The number of hydrogen-bond acceptors (Lipinski definition) is 1. The molecule has 0 aliphatic rings. The Morgan fingerprint density at radius 3 is 2.30 bits per heavy atom. The lowest BCUT2D eigenvalue weighted by Crippen LogP contribution is -2.16. The summed E-state index contributed by atoms with van der Waals surface area (Å²) in [6.45, 7) is 1.56. The Labute approximate surface area is 57.2 Å². The van der Waals surface area contributed by atoms with Crippen molar-refractivity contribution in [1.82, 2.24) is 0 Å². The monoisotopic (exact) mass is 154 g/mol. The first-order valence-corrected chi connectivity index (χ1v) is 2.83. The number of alkyl halides is 3. The van der Waals surface area contributed by atoms with Crippen molar-refractivity contribution in [3.8, 4) is 0 Å². The fraction of sp³-hybridized carbons (Fsp3) is 0.667. The second kappa shape index (κ2) is 3.61.